The maximum Gasteiger partial charge on any atom is 0.430 e. The molecular weight excluding hydrogens is 455 g/mol. The normalized spacial score (nSPS) is 20.2. The van der Waals surface area contributed by atoms with Crippen LogP contribution in [-0.4, -0.2) is 47.1 Å². The number of carbonyl (C=O) groups excluding carboxylic acids is 2. The van der Waals surface area contributed by atoms with Crippen LogP contribution in [0.4, 0.5) is 33.5 Å². The van der Waals surface area contributed by atoms with E-state index in [0.29, 0.717) is 18.7 Å². The molecule has 2 aromatic rings. The largest absolute Gasteiger partial charge is 0.542 e. The van der Waals surface area contributed by atoms with Gasteiger partial charge in [-0.25, -0.2) is 8.78 Å². The Morgan fingerprint density at radius 2 is 1.97 bits per heavy atom. The number of alkyl halides is 4. The van der Waals surface area contributed by atoms with E-state index in [1.807, 2.05) is 11.4 Å². The van der Waals surface area contributed by atoms with E-state index in [1.165, 1.54) is 35.1 Å². The Kier molecular flexibility index (Phi) is 7.94. The van der Waals surface area contributed by atoms with Crippen molar-refractivity contribution < 1.29 is 42.0 Å². The highest BCUT2D eigenvalue weighted by molar-refractivity contribution is 5.98. The summed E-state index contributed by atoms with van der Waals surface area (Å²) in [7, 11) is 0. The molecule has 0 aliphatic carbocycles. The number of hydrogen-bond donors (Lipinski definition) is 3. The number of halogens is 5. The Balaban J connectivity index is 0.000000479. The number of aromatic nitrogens is 2. The summed E-state index contributed by atoms with van der Waals surface area (Å²) in [6.07, 6.45) is -4.78. The molecule has 14 heteroatoms. The van der Waals surface area contributed by atoms with E-state index in [4.69, 9.17) is 15.6 Å². The number of rotatable bonds is 5. The lowest BCUT2D eigenvalue weighted by Gasteiger charge is -2.37. The number of carboxylic acid groups (broad SMARTS) is 1. The summed E-state index contributed by atoms with van der Waals surface area (Å²) in [4.78, 5) is 20.6. The van der Waals surface area contributed by atoms with Gasteiger partial charge in [-0.15, -0.1) is 0 Å². The number of benzene rings is 1. The zero-order chi connectivity index (χ0) is 24.8. The molecule has 0 unspecified atom stereocenters. The monoisotopic (exact) mass is 474 g/mol. The SMILES string of the molecule is N#CC[C@]1(n2cc(C(N)=O)c(Nc3ccc(F)cc3)n2)CC[NH2+]C[C@H]1F.O=C([O-])C(F)(F)F. The fourth-order valence-electron chi connectivity index (χ4n) is 3.21. The van der Waals surface area contributed by atoms with Gasteiger partial charge in [-0.05, 0) is 24.3 Å². The second kappa shape index (κ2) is 10.3. The molecule has 2 heterocycles. The molecule has 1 amide bonds. The Morgan fingerprint density at radius 3 is 2.45 bits per heavy atom. The maximum atomic E-state index is 14.8. The summed E-state index contributed by atoms with van der Waals surface area (Å²) in [5.74, 6) is -4.00. The molecule has 0 saturated carbocycles. The van der Waals surface area contributed by atoms with Gasteiger partial charge >= 0.3 is 6.18 Å². The van der Waals surface area contributed by atoms with Gasteiger partial charge in [0.2, 0.25) is 0 Å². The van der Waals surface area contributed by atoms with Gasteiger partial charge in [0.1, 0.15) is 29.4 Å². The van der Waals surface area contributed by atoms with Gasteiger partial charge < -0.3 is 26.3 Å². The zero-order valence-electron chi connectivity index (χ0n) is 16.9. The Morgan fingerprint density at radius 1 is 1.36 bits per heavy atom. The van der Waals surface area contributed by atoms with Crippen LogP contribution in [0.2, 0.25) is 0 Å². The molecular formula is C19H19F5N6O3. The minimum Gasteiger partial charge on any atom is -0.542 e. The highest BCUT2D eigenvalue weighted by Crippen LogP contribution is 2.33. The fourth-order valence-corrected chi connectivity index (χ4v) is 3.21. The number of nitriles is 1. The number of quaternary nitrogens is 1. The van der Waals surface area contributed by atoms with E-state index in [1.54, 1.807) is 0 Å². The molecule has 3 rings (SSSR count). The van der Waals surface area contributed by atoms with Crippen molar-refractivity contribution in [2.24, 2.45) is 5.73 Å². The topological polar surface area (TPSA) is 153 Å². The Labute approximate surface area is 184 Å². The van der Waals surface area contributed by atoms with Gasteiger partial charge in [0, 0.05) is 18.3 Å². The van der Waals surface area contributed by atoms with E-state index in [2.05, 4.69) is 10.4 Å². The molecule has 0 radical (unpaired) electrons. The fraction of sp³-hybridized carbons (Fsp3) is 0.368. The minimum atomic E-state index is -5.19. The van der Waals surface area contributed by atoms with Crippen LogP contribution in [0, 0.1) is 17.1 Å². The first-order chi connectivity index (χ1) is 15.4. The van der Waals surface area contributed by atoms with Crippen LogP contribution < -0.4 is 21.5 Å². The lowest BCUT2D eigenvalue weighted by molar-refractivity contribution is -0.673. The highest BCUT2D eigenvalue weighted by Gasteiger charge is 2.46. The Bertz CT molecular complexity index is 1030. The van der Waals surface area contributed by atoms with E-state index in [0.717, 1.165) is 0 Å². The molecule has 1 aromatic heterocycles. The predicted molar refractivity (Wildman–Crippen MR) is 101 cm³/mol. The van der Waals surface area contributed by atoms with Crippen LogP contribution >= 0.6 is 0 Å². The summed E-state index contributed by atoms with van der Waals surface area (Å²) < 4.78 is 60.7. The molecule has 9 nitrogen and oxygen atoms in total. The first-order valence-electron chi connectivity index (χ1n) is 9.44. The van der Waals surface area contributed by atoms with Crippen LogP contribution in [-0.2, 0) is 10.3 Å². The zero-order valence-corrected chi connectivity index (χ0v) is 16.9. The van der Waals surface area contributed by atoms with E-state index in [9.17, 15) is 32.0 Å². The summed E-state index contributed by atoms with van der Waals surface area (Å²) in [5.41, 5.74) is 4.87. The molecule has 0 bridgehead atoms. The van der Waals surface area contributed by atoms with Crippen molar-refractivity contribution in [3.05, 3.63) is 41.8 Å². The number of piperidine rings is 1. The number of hydrogen-bond acceptors (Lipinski definition) is 6. The highest BCUT2D eigenvalue weighted by atomic mass is 19.4. The van der Waals surface area contributed by atoms with Gasteiger partial charge in [0.25, 0.3) is 5.91 Å². The number of anilines is 2. The molecule has 1 saturated heterocycles. The van der Waals surface area contributed by atoms with Crippen molar-refractivity contribution in [3.63, 3.8) is 0 Å². The first kappa shape index (κ1) is 25.5. The molecule has 0 spiro atoms. The third-order valence-electron chi connectivity index (χ3n) is 4.90. The van der Waals surface area contributed by atoms with E-state index >= 15 is 0 Å². The first-order valence-corrected chi connectivity index (χ1v) is 9.44. The lowest BCUT2D eigenvalue weighted by atomic mass is 9.84. The van der Waals surface area contributed by atoms with Crippen LogP contribution in [0.3, 0.4) is 0 Å². The van der Waals surface area contributed by atoms with Crippen LogP contribution in [0.1, 0.15) is 23.2 Å². The van der Waals surface area contributed by atoms with Crippen molar-refractivity contribution in [2.45, 2.75) is 30.7 Å². The van der Waals surface area contributed by atoms with Crippen molar-refractivity contribution in [2.75, 3.05) is 18.4 Å². The van der Waals surface area contributed by atoms with Crippen LogP contribution in [0.5, 0.6) is 0 Å². The number of carbonyl (C=O) groups is 2. The standard InChI is InChI=1S/C17H18F2N6O.C2HF3O2/c18-11-1-3-12(4-2-11)23-16-13(15(21)26)10-25(24-16)17(5-7-20)6-8-22-9-14(17)19;3-2(4,5)1(6)7/h1-4,10,14,22H,5-6,8-9H2,(H2,21,26)(H,23,24);(H,6,7)/t14-,17+;/m1./s1. The molecule has 1 aliphatic heterocycles. The number of carboxylic acids is 1. The number of nitrogens with one attached hydrogen (secondary N) is 1. The maximum absolute atomic E-state index is 14.8. The minimum absolute atomic E-state index is 0.0716. The van der Waals surface area contributed by atoms with Crippen LogP contribution in [0.15, 0.2) is 30.5 Å². The van der Waals surface area contributed by atoms with Gasteiger partial charge in [0.05, 0.1) is 19.0 Å². The van der Waals surface area contributed by atoms with Gasteiger partial charge in [-0.3, -0.25) is 9.48 Å². The molecule has 178 valence electrons. The molecule has 5 N–H and O–H groups in total. The second-order valence-corrected chi connectivity index (χ2v) is 7.09. The van der Waals surface area contributed by atoms with Gasteiger partial charge in [0.15, 0.2) is 12.0 Å². The summed E-state index contributed by atoms with van der Waals surface area (Å²) in [6, 6.07) is 7.51. The number of aliphatic carboxylic acids is 1. The molecule has 1 aliphatic rings. The smallest absolute Gasteiger partial charge is 0.430 e. The van der Waals surface area contributed by atoms with E-state index < -0.39 is 35.6 Å². The second-order valence-electron chi connectivity index (χ2n) is 7.09. The molecule has 1 fully saturated rings. The third-order valence-corrected chi connectivity index (χ3v) is 4.90. The predicted octanol–water partition coefficient (Wildman–Crippen LogP) is 0.0775. The average molecular weight is 474 g/mol. The third kappa shape index (κ3) is 6.16. The van der Waals surface area contributed by atoms with Crippen molar-refractivity contribution >= 4 is 23.4 Å². The Hall–Kier alpha value is -3.73. The average Bonchev–Trinajstić information content (AvgIpc) is 3.16. The summed E-state index contributed by atoms with van der Waals surface area (Å²) in [6.45, 7) is 0.864. The molecule has 33 heavy (non-hydrogen) atoms. The number of nitrogens with two attached hydrogens (primary N) is 2. The molecule has 2 atom stereocenters. The van der Waals surface area contributed by atoms with Crippen molar-refractivity contribution in [1.29, 1.82) is 5.26 Å². The van der Waals surface area contributed by atoms with Gasteiger partial charge in [-0.1, -0.05) is 0 Å². The van der Waals surface area contributed by atoms with Crippen molar-refractivity contribution in [1.82, 2.24) is 9.78 Å². The quantitative estimate of drug-likeness (QED) is 0.522. The van der Waals surface area contributed by atoms with Gasteiger partial charge in [-0.2, -0.15) is 23.5 Å². The summed E-state index contributed by atoms with van der Waals surface area (Å²) in [5, 5.41) is 27.0. The summed E-state index contributed by atoms with van der Waals surface area (Å²) >= 11 is 0. The number of nitrogens with zero attached hydrogens (tertiary/aromatic N) is 3. The molecule has 1 aromatic carbocycles. The van der Waals surface area contributed by atoms with Crippen molar-refractivity contribution in [3.8, 4) is 6.07 Å². The van der Waals surface area contributed by atoms with Crippen LogP contribution in [0.25, 0.3) is 0 Å². The van der Waals surface area contributed by atoms with E-state index in [-0.39, 0.29) is 24.3 Å². The number of amides is 1. The number of primary amides is 1. The lowest BCUT2D eigenvalue weighted by Crippen LogP contribution is -2.90.